The first-order chi connectivity index (χ1) is 7.72. The summed E-state index contributed by atoms with van der Waals surface area (Å²) in [6, 6.07) is 4.93. The van der Waals surface area contributed by atoms with Gasteiger partial charge in [-0.3, -0.25) is 4.79 Å². The largest absolute Gasteiger partial charge is 0.278 e. The van der Waals surface area contributed by atoms with Crippen molar-refractivity contribution in [3.8, 4) is 9.85 Å². The molecule has 0 spiro atoms. The van der Waals surface area contributed by atoms with E-state index in [9.17, 15) is 4.79 Å². The van der Waals surface area contributed by atoms with Crippen molar-refractivity contribution in [3.05, 3.63) is 33.6 Å². The van der Waals surface area contributed by atoms with Crippen LogP contribution in [0.15, 0.2) is 23.0 Å². The van der Waals surface area contributed by atoms with Gasteiger partial charge in [0.1, 0.15) is 12.1 Å². The van der Waals surface area contributed by atoms with Gasteiger partial charge >= 0.3 is 0 Å². The van der Waals surface area contributed by atoms with Crippen molar-refractivity contribution in [1.82, 2.24) is 15.0 Å². The molecule has 0 saturated carbocycles. The predicted molar refractivity (Wildman–Crippen MR) is 70.6 cm³/mol. The lowest BCUT2D eigenvalue weighted by Crippen LogP contribution is -2.23. The molecular weight excluding hydrogens is 340 g/mol. The van der Waals surface area contributed by atoms with E-state index < -0.39 is 0 Å². The first kappa shape index (κ1) is 11.4. The second-order valence-corrected chi connectivity index (χ2v) is 3.96. The molecule has 2 aromatic rings. The van der Waals surface area contributed by atoms with Crippen LogP contribution in [0.1, 0.15) is 0 Å². The number of benzene rings is 1. The van der Waals surface area contributed by atoms with Crippen LogP contribution in [0.4, 0.5) is 0 Å². The minimum absolute atomic E-state index is 0.230. The van der Waals surface area contributed by atoms with Crippen LogP contribution in [0.25, 0.3) is 10.9 Å². The van der Waals surface area contributed by atoms with Crippen LogP contribution >= 0.6 is 34.2 Å². The molecule has 1 aromatic heterocycles. The van der Waals surface area contributed by atoms with Gasteiger partial charge in [-0.2, -0.15) is 4.68 Å². The average molecular weight is 346 g/mol. The maximum Gasteiger partial charge on any atom is 0.278 e. The van der Waals surface area contributed by atoms with Crippen molar-refractivity contribution >= 4 is 45.1 Å². The minimum atomic E-state index is -0.230. The zero-order chi connectivity index (χ0) is 11.5. The Morgan fingerprint density at radius 1 is 1.50 bits per heavy atom. The monoisotopic (exact) mass is 345 g/mol. The van der Waals surface area contributed by atoms with Crippen LogP contribution in [0, 0.1) is 9.85 Å². The maximum absolute atomic E-state index is 11.9. The van der Waals surface area contributed by atoms with Gasteiger partial charge in [0.15, 0.2) is 0 Å². The van der Waals surface area contributed by atoms with E-state index in [4.69, 9.17) is 11.6 Å². The van der Waals surface area contributed by atoms with Gasteiger partial charge in [0, 0.05) is 27.6 Å². The summed E-state index contributed by atoms with van der Waals surface area (Å²) in [5.74, 6) is 2.75. The Morgan fingerprint density at radius 2 is 2.31 bits per heavy atom. The van der Waals surface area contributed by atoms with E-state index >= 15 is 0 Å². The van der Waals surface area contributed by atoms with Crippen molar-refractivity contribution in [2.75, 3.05) is 0 Å². The number of nitrogens with zero attached hydrogens (tertiary/aromatic N) is 3. The molecule has 0 aliphatic heterocycles. The Balaban J connectivity index is 2.66. The molecular formula is C10H5ClIN3O. The topological polar surface area (TPSA) is 47.8 Å². The Morgan fingerprint density at radius 3 is 3.06 bits per heavy atom. The standard InChI is InChI=1S/C10H5ClIN3O/c11-7-2-3-9-8(6-7)10(16)15(14-13-9)5-1-4-12/h2-3,6H,5H2. The van der Waals surface area contributed by atoms with E-state index in [-0.39, 0.29) is 12.1 Å². The highest BCUT2D eigenvalue weighted by molar-refractivity contribution is 14.1. The van der Waals surface area contributed by atoms with Crippen LogP contribution in [0.3, 0.4) is 0 Å². The van der Waals surface area contributed by atoms with E-state index in [2.05, 4.69) is 20.2 Å². The summed E-state index contributed by atoms with van der Waals surface area (Å²) >= 11 is 7.73. The van der Waals surface area contributed by atoms with Crippen molar-refractivity contribution in [3.63, 3.8) is 0 Å². The van der Waals surface area contributed by atoms with Gasteiger partial charge in [0.05, 0.1) is 5.39 Å². The third kappa shape index (κ3) is 2.18. The van der Waals surface area contributed by atoms with Crippen molar-refractivity contribution < 1.29 is 0 Å². The average Bonchev–Trinajstić information content (AvgIpc) is 2.29. The van der Waals surface area contributed by atoms with Gasteiger partial charge in [-0.15, -0.1) is 5.10 Å². The Bertz CT molecular complexity index is 656. The van der Waals surface area contributed by atoms with Gasteiger partial charge in [-0.05, 0) is 22.1 Å². The quantitative estimate of drug-likeness (QED) is 0.585. The molecule has 4 nitrogen and oxygen atoms in total. The molecule has 0 fully saturated rings. The summed E-state index contributed by atoms with van der Waals surface area (Å²) in [5.41, 5.74) is 0.305. The smallest absolute Gasteiger partial charge is 0.267 e. The fourth-order valence-electron chi connectivity index (χ4n) is 1.26. The summed E-state index contributed by atoms with van der Waals surface area (Å²) in [7, 11) is 0. The molecule has 6 heteroatoms. The number of rotatable bonds is 1. The highest BCUT2D eigenvalue weighted by Gasteiger charge is 2.04. The van der Waals surface area contributed by atoms with Crippen LogP contribution < -0.4 is 5.56 Å². The number of fused-ring (bicyclic) bond motifs is 1. The minimum Gasteiger partial charge on any atom is -0.267 e. The van der Waals surface area contributed by atoms with Crippen molar-refractivity contribution in [1.29, 1.82) is 0 Å². The lowest BCUT2D eigenvalue weighted by atomic mass is 10.2. The van der Waals surface area contributed by atoms with E-state index in [1.165, 1.54) is 4.68 Å². The molecule has 0 bridgehead atoms. The van der Waals surface area contributed by atoms with Crippen molar-refractivity contribution in [2.45, 2.75) is 6.54 Å². The molecule has 0 aliphatic carbocycles. The van der Waals surface area contributed by atoms with Gasteiger partial charge in [-0.25, -0.2) is 0 Å². The molecule has 0 unspecified atom stereocenters. The summed E-state index contributed by atoms with van der Waals surface area (Å²) in [4.78, 5) is 11.9. The van der Waals surface area contributed by atoms with Gasteiger partial charge in [-0.1, -0.05) is 22.7 Å². The van der Waals surface area contributed by atoms with Crippen molar-refractivity contribution in [2.24, 2.45) is 0 Å². The second-order valence-electron chi connectivity index (χ2n) is 2.98. The lowest BCUT2D eigenvalue weighted by Gasteiger charge is -2.00. The summed E-state index contributed by atoms with van der Waals surface area (Å²) < 4.78 is 3.88. The van der Waals surface area contributed by atoms with Crippen LogP contribution in [-0.2, 0) is 6.54 Å². The summed E-state index contributed by atoms with van der Waals surface area (Å²) in [6.07, 6.45) is 0. The highest BCUT2D eigenvalue weighted by atomic mass is 127. The molecule has 0 aliphatic rings. The fourth-order valence-corrected chi connectivity index (χ4v) is 1.60. The zero-order valence-corrected chi connectivity index (χ0v) is 10.9. The number of halogens is 2. The molecule has 0 N–H and O–H groups in total. The van der Waals surface area contributed by atoms with Gasteiger partial charge in [0.25, 0.3) is 5.56 Å². The van der Waals surface area contributed by atoms with Crippen LogP contribution in [0.2, 0.25) is 5.02 Å². The normalized spacial score (nSPS) is 9.88. The second kappa shape index (κ2) is 4.80. The maximum atomic E-state index is 11.9. The van der Waals surface area contributed by atoms with Gasteiger partial charge in [0.2, 0.25) is 0 Å². The Hall–Kier alpha value is -1.13. The van der Waals surface area contributed by atoms with E-state index in [0.717, 1.165) is 0 Å². The Kier molecular flexibility index (Phi) is 3.41. The molecule has 0 radical (unpaired) electrons. The first-order valence-electron chi connectivity index (χ1n) is 4.34. The number of hydrogen-bond donors (Lipinski definition) is 0. The molecule has 0 amide bonds. The molecule has 2 rings (SSSR count). The summed E-state index contributed by atoms with van der Waals surface area (Å²) in [5, 5.41) is 8.66. The van der Waals surface area contributed by atoms with E-state index in [1.807, 2.05) is 22.6 Å². The molecule has 0 saturated heterocycles. The molecule has 16 heavy (non-hydrogen) atoms. The van der Waals surface area contributed by atoms with Crippen LogP contribution in [-0.4, -0.2) is 15.0 Å². The summed E-state index contributed by atoms with van der Waals surface area (Å²) in [6.45, 7) is 0.233. The lowest BCUT2D eigenvalue weighted by molar-refractivity contribution is 0.620. The van der Waals surface area contributed by atoms with E-state index in [1.54, 1.807) is 18.2 Å². The van der Waals surface area contributed by atoms with Gasteiger partial charge < -0.3 is 0 Å². The molecule has 0 atom stereocenters. The third-order valence-corrected chi connectivity index (χ3v) is 2.60. The number of hydrogen-bond acceptors (Lipinski definition) is 3. The van der Waals surface area contributed by atoms with Crippen LogP contribution in [0.5, 0.6) is 0 Å². The molecule has 1 aromatic carbocycles. The third-order valence-electron chi connectivity index (χ3n) is 1.98. The zero-order valence-electron chi connectivity index (χ0n) is 7.94. The number of aromatic nitrogens is 3. The van der Waals surface area contributed by atoms with E-state index in [0.29, 0.717) is 15.9 Å². The highest BCUT2D eigenvalue weighted by Crippen LogP contribution is 2.13. The Labute approximate surface area is 110 Å². The molecule has 1 heterocycles. The first-order valence-corrected chi connectivity index (χ1v) is 5.79. The predicted octanol–water partition coefficient (Wildman–Crippen LogP) is 1.84. The molecule has 80 valence electrons. The fraction of sp³-hybridized carbons (Fsp3) is 0.100. The SMILES string of the molecule is O=c1c2cc(Cl)ccc2nnn1CC#CI.